The Morgan fingerprint density at radius 2 is 1.95 bits per heavy atom. The second kappa shape index (κ2) is 4.41. The fraction of sp³-hybridized carbons (Fsp3) is 0.571. The number of likely N-dealkylation sites (tertiary alicyclic amines) is 1. The Labute approximate surface area is 117 Å². The Morgan fingerprint density at radius 3 is 2.45 bits per heavy atom. The van der Waals surface area contributed by atoms with Gasteiger partial charge in [0.15, 0.2) is 5.82 Å². The Kier molecular flexibility index (Phi) is 2.93. The summed E-state index contributed by atoms with van der Waals surface area (Å²) in [4.78, 5) is 14.4. The Bertz CT molecular complexity index is 547. The van der Waals surface area contributed by atoms with Crippen LogP contribution in [-0.2, 0) is 0 Å². The smallest absolute Gasteiger partial charge is 0.272 e. The first kappa shape index (κ1) is 13.3. The number of benzene rings is 1. The number of hydrogen-bond donors (Lipinski definition) is 0. The van der Waals surface area contributed by atoms with Gasteiger partial charge in [0, 0.05) is 43.7 Å². The largest absolute Gasteiger partial charge is 0.368 e. The molecular weight excluding hydrogens is 261 g/mol. The molecule has 1 spiro atoms. The van der Waals surface area contributed by atoms with Crippen molar-refractivity contribution in [3.63, 3.8) is 0 Å². The van der Waals surface area contributed by atoms with Crippen LogP contribution in [0.2, 0.25) is 0 Å². The summed E-state index contributed by atoms with van der Waals surface area (Å²) in [5, 5.41) is 10.6. The van der Waals surface area contributed by atoms with Crippen LogP contribution in [0.3, 0.4) is 0 Å². The number of hydrogen-bond acceptors (Lipinski definition) is 4. The van der Waals surface area contributed by atoms with Gasteiger partial charge in [0.25, 0.3) is 5.69 Å². The maximum atomic E-state index is 13.9. The molecule has 0 radical (unpaired) electrons. The number of rotatable bonds is 3. The Hall–Kier alpha value is -1.69. The number of anilines is 1. The highest BCUT2D eigenvalue weighted by atomic mass is 19.1. The van der Waals surface area contributed by atoms with Gasteiger partial charge in [-0.3, -0.25) is 15.0 Å². The quantitative estimate of drug-likeness (QED) is 0.629. The Morgan fingerprint density at radius 1 is 1.30 bits per heavy atom. The van der Waals surface area contributed by atoms with Crippen molar-refractivity contribution in [3.05, 3.63) is 34.1 Å². The summed E-state index contributed by atoms with van der Waals surface area (Å²) in [6.45, 7) is 8.17. The Balaban J connectivity index is 1.65. The summed E-state index contributed by atoms with van der Waals surface area (Å²) in [5.74, 6) is -0.505. The van der Waals surface area contributed by atoms with Crippen molar-refractivity contribution in [1.82, 2.24) is 4.90 Å². The molecule has 0 N–H and O–H groups in total. The van der Waals surface area contributed by atoms with E-state index in [-0.39, 0.29) is 5.69 Å². The fourth-order valence-electron chi connectivity index (χ4n) is 3.18. The highest BCUT2D eigenvalue weighted by molar-refractivity contribution is 5.55. The van der Waals surface area contributed by atoms with Crippen molar-refractivity contribution in [2.45, 2.75) is 19.9 Å². The molecule has 0 aliphatic carbocycles. The molecule has 0 aromatic heterocycles. The molecule has 5 nitrogen and oxygen atoms in total. The zero-order valence-corrected chi connectivity index (χ0v) is 11.7. The average molecular weight is 279 g/mol. The van der Waals surface area contributed by atoms with E-state index in [4.69, 9.17) is 0 Å². The van der Waals surface area contributed by atoms with Crippen molar-refractivity contribution < 1.29 is 9.31 Å². The molecule has 20 heavy (non-hydrogen) atoms. The van der Waals surface area contributed by atoms with E-state index in [9.17, 15) is 14.5 Å². The van der Waals surface area contributed by atoms with Crippen LogP contribution in [0.1, 0.15) is 13.8 Å². The predicted molar refractivity (Wildman–Crippen MR) is 74.4 cm³/mol. The van der Waals surface area contributed by atoms with E-state index >= 15 is 0 Å². The van der Waals surface area contributed by atoms with Gasteiger partial charge >= 0.3 is 0 Å². The van der Waals surface area contributed by atoms with Gasteiger partial charge in [-0.15, -0.1) is 0 Å². The topological polar surface area (TPSA) is 49.6 Å². The highest BCUT2D eigenvalue weighted by Crippen LogP contribution is 2.43. The first-order chi connectivity index (χ1) is 9.40. The van der Waals surface area contributed by atoms with Crippen LogP contribution < -0.4 is 4.90 Å². The summed E-state index contributed by atoms with van der Waals surface area (Å²) < 4.78 is 13.9. The molecule has 2 heterocycles. The van der Waals surface area contributed by atoms with Gasteiger partial charge in [-0.2, -0.15) is 0 Å². The molecule has 2 saturated heterocycles. The molecule has 2 fully saturated rings. The summed E-state index contributed by atoms with van der Waals surface area (Å²) in [6.07, 6.45) is 0. The standard InChI is InChI=1S/C14H18FN3O2/c1-10(2)16-6-14(7-16)8-17(9-14)13-4-3-11(18(19)20)5-12(13)15/h3-5,10H,6-9H2,1-2H3. The first-order valence-corrected chi connectivity index (χ1v) is 6.83. The van der Waals surface area contributed by atoms with E-state index < -0.39 is 10.7 Å². The summed E-state index contributed by atoms with van der Waals surface area (Å²) in [6, 6.07) is 4.44. The lowest BCUT2D eigenvalue weighted by Crippen LogP contribution is -2.73. The van der Waals surface area contributed by atoms with Gasteiger partial charge in [0.05, 0.1) is 16.7 Å². The van der Waals surface area contributed by atoms with Gasteiger partial charge in [0.1, 0.15) is 0 Å². The molecule has 0 saturated carbocycles. The van der Waals surface area contributed by atoms with Crippen LogP contribution in [-0.4, -0.2) is 42.0 Å². The minimum Gasteiger partial charge on any atom is -0.368 e. The average Bonchev–Trinajstić information content (AvgIpc) is 2.26. The van der Waals surface area contributed by atoms with Crippen LogP contribution in [0.5, 0.6) is 0 Å². The SMILES string of the molecule is CC(C)N1CC2(CN(c3ccc([N+](=O)[O-])cc3F)C2)C1. The van der Waals surface area contributed by atoms with E-state index in [1.807, 2.05) is 4.90 Å². The van der Waals surface area contributed by atoms with E-state index in [1.165, 1.54) is 12.1 Å². The third-order valence-corrected chi connectivity index (χ3v) is 4.34. The maximum absolute atomic E-state index is 13.9. The number of non-ortho nitro benzene ring substituents is 1. The van der Waals surface area contributed by atoms with E-state index in [0.717, 1.165) is 32.2 Å². The van der Waals surface area contributed by atoms with Crippen LogP contribution in [0.15, 0.2) is 18.2 Å². The molecule has 0 amide bonds. The minimum absolute atomic E-state index is 0.198. The molecule has 2 aliphatic heterocycles. The van der Waals surface area contributed by atoms with Crippen molar-refractivity contribution in [3.8, 4) is 0 Å². The first-order valence-electron chi connectivity index (χ1n) is 6.83. The maximum Gasteiger partial charge on any atom is 0.272 e. The minimum atomic E-state index is -0.573. The van der Waals surface area contributed by atoms with Gasteiger partial charge < -0.3 is 4.90 Å². The fourth-order valence-corrected chi connectivity index (χ4v) is 3.18. The number of nitro benzene ring substituents is 1. The molecule has 3 rings (SSSR count). The van der Waals surface area contributed by atoms with E-state index in [0.29, 0.717) is 17.1 Å². The van der Waals surface area contributed by atoms with E-state index in [1.54, 1.807) is 0 Å². The van der Waals surface area contributed by atoms with Crippen LogP contribution >= 0.6 is 0 Å². The monoisotopic (exact) mass is 279 g/mol. The third-order valence-electron chi connectivity index (χ3n) is 4.34. The zero-order valence-electron chi connectivity index (χ0n) is 11.7. The van der Waals surface area contributed by atoms with Crippen molar-refractivity contribution in [2.24, 2.45) is 5.41 Å². The molecule has 0 bridgehead atoms. The van der Waals surface area contributed by atoms with Gasteiger partial charge in [-0.25, -0.2) is 4.39 Å². The molecule has 1 aromatic rings. The lowest BCUT2D eigenvalue weighted by molar-refractivity contribution is -0.385. The van der Waals surface area contributed by atoms with Crippen molar-refractivity contribution in [1.29, 1.82) is 0 Å². The van der Waals surface area contributed by atoms with Crippen LogP contribution in [0.4, 0.5) is 15.8 Å². The number of halogens is 1. The van der Waals surface area contributed by atoms with E-state index in [2.05, 4.69) is 18.7 Å². The second-order valence-corrected chi connectivity index (χ2v) is 6.25. The third kappa shape index (κ3) is 2.04. The molecule has 1 aromatic carbocycles. The predicted octanol–water partition coefficient (Wildman–Crippen LogP) is 2.26. The zero-order chi connectivity index (χ0) is 14.5. The second-order valence-electron chi connectivity index (χ2n) is 6.25. The molecule has 6 heteroatoms. The van der Waals surface area contributed by atoms with Gasteiger partial charge in [-0.05, 0) is 19.9 Å². The lowest BCUT2D eigenvalue weighted by Gasteiger charge is -2.62. The lowest BCUT2D eigenvalue weighted by atomic mass is 9.72. The van der Waals surface area contributed by atoms with Gasteiger partial charge in [0.2, 0.25) is 0 Å². The number of nitrogens with zero attached hydrogens (tertiary/aromatic N) is 3. The molecule has 108 valence electrons. The summed E-state index contributed by atoms with van der Waals surface area (Å²) >= 11 is 0. The summed E-state index contributed by atoms with van der Waals surface area (Å²) in [7, 11) is 0. The molecule has 0 unspecified atom stereocenters. The highest BCUT2D eigenvalue weighted by Gasteiger charge is 2.52. The van der Waals surface area contributed by atoms with Crippen molar-refractivity contribution in [2.75, 3.05) is 31.1 Å². The van der Waals surface area contributed by atoms with Gasteiger partial charge in [-0.1, -0.05) is 0 Å². The molecular formula is C14H18FN3O2. The van der Waals surface area contributed by atoms with Crippen LogP contribution in [0.25, 0.3) is 0 Å². The number of nitro groups is 1. The molecule has 2 aliphatic rings. The summed E-state index contributed by atoms with van der Waals surface area (Å²) in [5.41, 5.74) is 0.582. The van der Waals surface area contributed by atoms with Crippen molar-refractivity contribution >= 4 is 11.4 Å². The molecule has 0 atom stereocenters. The van der Waals surface area contributed by atoms with Crippen LogP contribution in [0, 0.1) is 21.3 Å². The normalized spacial score (nSPS) is 20.9.